The molecular formula is C21H23N3. The molecule has 0 saturated heterocycles. The highest BCUT2D eigenvalue weighted by Crippen LogP contribution is 2.17. The quantitative estimate of drug-likeness (QED) is 0.483. The van der Waals surface area contributed by atoms with Crippen LogP contribution in [-0.4, -0.2) is 24.0 Å². The SMILES string of the molecule is C=CCN(CC=C)[C@H](C#[N+][N-]c1ccccc1)Cc1ccccc1. The highest BCUT2D eigenvalue weighted by Gasteiger charge is 2.19. The Balaban J connectivity index is 2.14. The molecule has 0 fully saturated rings. The minimum absolute atomic E-state index is 0.0101. The molecule has 2 aromatic carbocycles. The van der Waals surface area contributed by atoms with Crippen LogP contribution in [0.5, 0.6) is 0 Å². The van der Waals surface area contributed by atoms with E-state index in [0.29, 0.717) is 0 Å². The molecule has 3 nitrogen and oxygen atoms in total. The van der Waals surface area contributed by atoms with Crippen LogP contribution >= 0.6 is 0 Å². The molecule has 0 saturated carbocycles. The summed E-state index contributed by atoms with van der Waals surface area (Å²) in [7, 11) is 0. The Labute approximate surface area is 144 Å². The summed E-state index contributed by atoms with van der Waals surface area (Å²) < 4.78 is 0. The van der Waals surface area contributed by atoms with Gasteiger partial charge in [-0.3, -0.25) is 10.3 Å². The van der Waals surface area contributed by atoms with Crippen molar-refractivity contribution in [2.24, 2.45) is 0 Å². The van der Waals surface area contributed by atoms with Crippen LogP contribution in [-0.2, 0) is 6.42 Å². The van der Waals surface area contributed by atoms with Crippen LogP contribution in [0.4, 0.5) is 5.69 Å². The molecule has 0 bridgehead atoms. The predicted molar refractivity (Wildman–Crippen MR) is 103 cm³/mol. The highest BCUT2D eigenvalue weighted by atomic mass is 15.3. The zero-order valence-corrected chi connectivity index (χ0v) is 13.9. The maximum Gasteiger partial charge on any atom is 0.291 e. The van der Waals surface area contributed by atoms with Crippen LogP contribution in [0.15, 0.2) is 86.0 Å². The average Bonchev–Trinajstić information content (AvgIpc) is 2.62. The molecular weight excluding hydrogens is 294 g/mol. The first-order chi connectivity index (χ1) is 11.8. The van der Waals surface area contributed by atoms with E-state index in [-0.39, 0.29) is 6.04 Å². The molecule has 1 atom stereocenters. The van der Waals surface area contributed by atoms with Gasteiger partial charge in [-0.25, -0.2) is 0 Å². The second kappa shape index (κ2) is 10.0. The standard InChI is InChI=1S/C21H23N3/c1-3-15-24(16-4-2)21(17-19-11-7-5-8-12-19)18-22-23-20-13-9-6-10-14-20/h3-14,21H,1-2,15-17H2/t21-/m0/s1. The van der Waals surface area contributed by atoms with Crippen molar-refractivity contribution in [3.63, 3.8) is 0 Å². The molecule has 0 N–H and O–H groups in total. The topological polar surface area (TPSA) is 21.7 Å². The highest BCUT2D eigenvalue weighted by molar-refractivity contribution is 5.49. The van der Waals surface area contributed by atoms with Gasteiger partial charge in [0.1, 0.15) is 6.04 Å². The summed E-state index contributed by atoms with van der Waals surface area (Å²) in [4.78, 5) is 6.41. The van der Waals surface area contributed by atoms with Crippen molar-refractivity contribution in [2.75, 3.05) is 13.1 Å². The van der Waals surface area contributed by atoms with Crippen molar-refractivity contribution in [2.45, 2.75) is 12.5 Å². The van der Waals surface area contributed by atoms with Crippen LogP contribution in [0.1, 0.15) is 5.56 Å². The van der Waals surface area contributed by atoms with Crippen LogP contribution in [0.25, 0.3) is 10.4 Å². The van der Waals surface area contributed by atoms with Crippen LogP contribution in [0.2, 0.25) is 0 Å². The number of hydrogen-bond acceptors (Lipinski definition) is 1. The van der Waals surface area contributed by atoms with Crippen molar-refractivity contribution in [3.8, 4) is 6.07 Å². The van der Waals surface area contributed by atoms with Gasteiger partial charge in [-0.05, 0) is 5.56 Å². The van der Waals surface area contributed by atoms with Gasteiger partial charge in [0.2, 0.25) is 0 Å². The Kier molecular flexibility index (Phi) is 7.33. The van der Waals surface area contributed by atoms with Gasteiger partial charge in [-0.1, -0.05) is 83.5 Å². The smallest absolute Gasteiger partial charge is 0.278 e. The lowest BCUT2D eigenvalue weighted by Gasteiger charge is -2.22. The van der Waals surface area contributed by atoms with Crippen molar-refractivity contribution in [3.05, 3.63) is 102 Å². The number of benzene rings is 2. The maximum atomic E-state index is 4.23. The second-order valence-corrected chi connectivity index (χ2v) is 5.40. The molecule has 2 rings (SSSR count). The summed E-state index contributed by atoms with van der Waals surface area (Å²) in [6, 6.07) is 23.2. The van der Waals surface area contributed by atoms with Crippen molar-refractivity contribution in [1.82, 2.24) is 4.90 Å². The first kappa shape index (κ1) is 17.5. The van der Waals surface area contributed by atoms with E-state index in [0.717, 1.165) is 25.2 Å². The van der Waals surface area contributed by atoms with Gasteiger partial charge in [0, 0.05) is 19.5 Å². The van der Waals surface area contributed by atoms with Crippen LogP contribution in [0.3, 0.4) is 0 Å². The number of nitrogens with zero attached hydrogens (tertiary/aromatic N) is 3. The summed E-state index contributed by atoms with van der Waals surface area (Å²) in [5.41, 5.74) is 6.29. The fourth-order valence-electron chi connectivity index (χ4n) is 2.40. The Morgan fingerprint density at radius 3 is 2.12 bits per heavy atom. The third-order valence-corrected chi connectivity index (χ3v) is 3.57. The van der Waals surface area contributed by atoms with Crippen LogP contribution in [0, 0.1) is 6.07 Å². The Bertz CT molecular complexity index is 673. The summed E-state index contributed by atoms with van der Waals surface area (Å²) in [6.45, 7) is 9.18. The molecule has 0 aliphatic carbocycles. The summed E-state index contributed by atoms with van der Waals surface area (Å²) in [5, 5.41) is 0. The lowest BCUT2D eigenvalue weighted by atomic mass is 10.1. The molecule has 0 aliphatic heterocycles. The Hall–Kier alpha value is -2.83. The lowest BCUT2D eigenvalue weighted by Crippen LogP contribution is -2.36. The fraction of sp³-hybridized carbons (Fsp3) is 0.190. The van der Waals surface area contributed by atoms with E-state index in [1.165, 1.54) is 5.56 Å². The zero-order valence-electron chi connectivity index (χ0n) is 13.9. The third kappa shape index (κ3) is 5.75. The second-order valence-electron chi connectivity index (χ2n) is 5.40. The fourth-order valence-corrected chi connectivity index (χ4v) is 2.40. The number of hydrogen-bond donors (Lipinski definition) is 0. The van der Waals surface area contributed by atoms with Gasteiger partial charge in [0.05, 0.1) is 0 Å². The molecule has 0 unspecified atom stereocenters. The first-order valence-electron chi connectivity index (χ1n) is 8.04. The molecule has 0 amide bonds. The van der Waals surface area contributed by atoms with E-state index >= 15 is 0 Å². The van der Waals surface area contributed by atoms with E-state index in [1.807, 2.05) is 60.7 Å². The minimum Gasteiger partial charge on any atom is -0.278 e. The normalized spacial score (nSPS) is 11.2. The Morgan fingerprint density at radius 1 is 0.958 bits per heavy atom. The van der Waals surface area contributed by atoms with E-state index in [2.05, 4.69) is 46.6 Å². The number of rotatable bonds is 8. The van der Waals surface area contributed by atoms with Gasteiger partial charge in [0.15, 0.2) is 0 Å². The van der Waals surface area contributed by atoms with Crippen molar-refractivity contribution in [1.29, 1.82) is 0 Å². The van der Waals surface area contributed by atoms with E-state index in [1.54, 1.807) is 0 Å². The van der Waals surface area contributed by atoms with E-state index in [9.17, 15) is 0 Å². The van der Waals surface area contributed by atoms with Gasteiger partial charge in [-0.2, -0.15) is 0 Å². The molecule has 2 aromatic rings. The van der Waals surface area contributed by atoms with Gasteiger partial charge < -0.3 is 0 Å². The Morgan fingerprint density at radius 2 is 1.54 bits per heavy atom. The molecule has 24 heavy (non-hydrogen) atoms. The average molecular weight is 317 g/mol. The first-order valence-corrected chi connectivity index (χ1v) is 8.04. The summed E-state index contributed by atoms with van der Waals surface area (Å²) in [6.07, 6.45) is 4.59. The monoisotopic (exact) mass is 317 g/mol. The minimum atomic E-state index is 0.0101. The molecule has 0 aromatic heterocycles. The molecule has 3 heteroatoms. The van der Waals surface area contributed by atoms with E-state index < -0.39 is 0 Å². The van der Waals surface area contributed by atoms with Crippen molar-refractivity contribution >= 4 is 5.69 Å². The molecule has 0 heterocycles. The third-order valence-electron chi connectivity index (χ3n) is 3.57. The van der Waals surface area contributed by atoms with E-state index in [4.69, 9.17) is 0 Å². The van der Waals surface area contributed by atoms with Gasteiger partial charge >= 0.3 is 0 Å². The maximum absolute atomic E-state index is 4.23. The molecule has 0 aliphatic rings. The van der Waals surface area contributed by atoms with Crippen molar-refractivity contribution < 1.29 is 0 Å². The predicted octanol–water partition coefficient (Wildman–Crippen LogP) is 5.23. The van der Waals surface area contributed by atoms with Crippen LogP contribution < -0.4 is 0 Å². The van der Waals surface area contributed by atoms with Gasteiger partial charge in [0.25, 0.3) is 6.07 Å². The van der Waals surface area contributed by atoms with Gasteiger partial charge in [-0.15, -0.1) is 13.2 Å². The molecule has 0 radical (unpaired) electrons. The largest absolute Gasteiger partial charge is 0.291 e. The summed E-state index contributed by atoms with van der Waals surface area (Å²) >= 11 is 0. The lowest BCUT2D eigenvalue weighted by molar-refractivity contribution is 0.287. The summed E-state index contributed by atoms with van der Waals surface area (Å²) in [5.74, 6) is 0. The molecule has 122 valence electrons. The molecule has 0 spiro atoms. The zero-order chi connectivity index (χ0) is 17.0.